The van der Waals surface area contributed by atoms with E-state index in [1.807, 2.05) is 13.8 Å². The van der Waals surface area contributed by atoms with Crippen molar-refractivity contribution >= 4 is 19.4 Å². The highest BCUT2D eigenvalue weighted by molar-refractivity contribution is 7.66. The molecule has 0 spiro atoms. The van der Waals surface area contributed by atoms with E-state index in [2.05, 4.69) is 0 Å². The van der Waals surface area contributed by atoms with Crippen molar-refractivity contribution in [3.05, 3.63) is 0 Å². The van der Waals surface area contributed by atoms with E-state index in [0.717, 1.165) is 0 Å². The van der Waals surface area contributed by atoms with Crippen LogP contribution in [0.2, 0.25) is 0 Å². The Bertz CT molecular complexity index is 227. The highest BCUT2D eigenvalue weighted by Crippen LogP contribution is 2.49. The molecule has 0 aromatic rings. The van der Waals surface area contributed by atoms with E-state index in [-0.39, 0.29) is 17.8 Å². The first-order valence-corrected chi connectivity index (χ1v) is 6.40. The lowest BCUT2D eigenvalue weighted by molar-refractivity contribution is -0.134. The summed E-state index contributed by atoms with van der Waals surface area (Å²) in [6.45, 7) is 3.83. The highest BCUT2D eigenvalue weighted by atomic mass is 31.2. The van der Waals surface area contributed by atoms with Crippen molar-refractivity contribution in [3.8, 4) is 0 Å². The molecule has 0 aliphatic carbocycles. The van der Waals surface area contributed by atoms with E-state index in [1.54, 1.807) is 0 Å². The molecule has 0 saturated heterocycles. The Labute approximate surface area is 83.8 Å². The van der Waals surface area contributed by atoms with Crippen LogP contribution in [0.1, 0.15) is 20.3 Å². The molecule has 0 aliphatic rings. The van der Waals surface area contributed by atoms with Crippen LogP contribution in [0.3, 0.4) is 0 Å². The van der Waals surface area contributed by atoms with E-state index in [1.165, 1.54) is 0 Å². The maximum absolute atomic E-state index is 10.3. The van der Waals surface area contributed by atoms with E-state index < -0.39 is 19.8 Å². The topological polar surface area (TPSA) is 102 Å². The van der Waals surface area contributed by atoms with Crippen LogP contribution in [0.15, 0.2) is 0 Å². The first kappa shape index (κ1) is 13.5. The quantitative estimate of drug-likeness (QED) is 0.397. The second-order valence-corrected chi connectivity index (χ2v) is 6.18. The predicted molar refractivity (Wildman–Crippen MR) is 55.9 cm³/mol. The van der Waals surface area contributed by atoms with Crippen LogP contribution in [0.5, 0.6) is 0 Å². The van der Waals surface area contributed by atoms with Gasteiger partial charge in [-0.15, -0.1) is 0 Å². The lowest BCUT2D eigenvalue weighted by Gasteiger charge is -2.11. The maximum Gasteiger partial charge on any atom is 0.346 e. The lowest BCUT2D eigenvalue weighted by Crippen LogP contribution is -2.17. The smallest absolute Gasteiger partial charge is 0.346 e. The van der Waals surface area contributed by atoms with Crippen molar-refractivity contribution < 1.29 is 19.7 Å². The van der Waals surface area contributed by atoms with Gasteiger partial charge < -0.3 is 10.5 Å². The predicted octanol–water partition coefficient (Wildman–Crippen LogP) is 0.969. The van der Waals surface area contributed by atoms with Crippen LogP contribution in [0.4, 0.5) is 0 Å². The molecule has 14 heavy (non-hydrogen) atoms. The summed E-state index contributed by atoms with van der Waals surface area (Å²) in [7, 11) is -3.44. The van der Waals surface area contributed by atoms with Crippen molar-refractivity contribution in [2.24, 2.45) is 5.92 Å². The summed E-state index contributed by atoms with van der Waals surface area (Å²) in [5, 5.41) is 15.8. The summed E-state index contributed by atoms with van der Waals surface area (Å²) in [5.74, 6) is -0.965. The van der Waals surface area contributed by atoms with Gasteiger partial charge in [-0.1, -0.05) is 13.8 Å². The highest BCUT2D eigenvalue weighted by Gasteiger charge is 2.37. The van der Waals surface area contributed by atoms with Gasteiger partial charge in [-0.05, 0) is 12.3 Å². The Morgan fingerprint density at radius 3 is 2.21 bits per heavy atom. The number of rotatable bonds is 6. The minimum Gasteiger partial charge on any atom is -0.478 e. The number of carboxylic acid groups (broad SMARTS) is 1. The van der Waals surface area contributed by atoms with Gasteiger partial charge in [0.05, 0.1) is 5.71 Å². The zero-order valence-electron chi connectivity index (χ0n) is 8.40. The van der Waals surface area contributed by atoms with Gasteiger partial charge in [-0.2, -0.15) is 0 Å². The number of hydrogen-bond acceptors (Lipinski definition) is 4. The van der Waals surface area contributed by atoms with Gasteiger partial charge in [-0.25, -0.2) is 14.6 Å². The van der Waals surface area contributed by atoms with E-state index in [9.17, 15) is 14.6 Å². The summed E-state index contributed by atoms with van der Waals surface area (Å²) in [4.78, 5) is 28.9. The van der Waals surface area contributed by atoms with E-state index in [4.69, 9.17) is 10.5 Å². The first-order chi connectivity index (χ1) is 6.23. The van der Waals surface area contributed by atoms with Crippen LogP contribution >= 0.6 is 7.72 Å². The Morgan fingerprint density at radius 1 is 1.36 bits per heavy atom. The molecule has 5 nitrogen and oxygen atoms in total. The fraction of sp³-hybridized carbons (Fsp3) is 0.750. The third kappa shape index (κ3) is 6.95. The second kappa shape index (κ2) is 5.39. The molecule has 82 valence electrons. The molecule has 0 amide bonds. The van der Waals surface area contributed by atoms with Crippen molar-refractivity contribution in [2.45, 2.75) is 20.3 Å². The molecule has 0 rings (SSSR count). The second-order valence-electron chi connectivity index (χ2n) is 3.79. The molecule has 0 aromatic carbocycles. The third-order valence-corrected chi connectivity index (χ3v) is 3.15. The lowest BCUT2D eigenvalue weighted by atomic mass is 10.1. The molecule has 0 aromatic heterocycles. The number of carbonyl (C=O) groups is 1. The van der Waals surface area contributed by atoms with Gasteiger partial charge in [0.15, 0.2) is 0 Å². The maximum atomic E-state index is 10.3. The van der Waals surface area contributed by atoms with Gasteiger partial charge in [0.2, 0.25) is 6.16 Å². The zero-order chi connectivity index (χ0) is 11.4. The number of nitrogens with one attached hydrogen (secondary N) is 1. The van der Waals surface area contributed by atoms with Crippen molar-refractivity contribution in [3.63, 3.8) is 0 Å². The molecule has 0 bridgehead atoms. The van der Waals surface area contributed by atoms with Gasteiger partial charge in [-0.3, -0.25) is 0 Å². The number of carboxylic acids is 1. The average molecular weight is 222 g/mol. The molecule has 0 aliphatic heterocycles. The normalized spacial score (nSPS) is 11.8. The Balaban J connectivity index is 4.08. The van der Waals surface area contributed by atoms with Crippen LogP contribution in [-0.4, -0.2) is 38.9 Å². The molecular formula is C8H17NO4P+. The number of hydrogen-bond donors (Lipinski definition) is 4. The molecule has 0 unspecified atom stereocenters. The Kier molecular flexibility index (Phi) is 5.19. The summed E-state index contributed by atoms with van der Waals surface area (Å²) >= 11 is 0. The van der Waals surface area contributed by atoms with Gasteiger partial charge in [0.1, 0.15) is 6.16 Å². The fourth-order valence-corrected chi connectivity index (χ4v) is 2.42. The fourth-order valence-electron chi connectivity index (χ4n) is 1.14. The first-order valence-electron chi connectivity index (χ1n) is 4.33. The number of aliphatic carboxylic acids is 1. The molecule has 0 fully saturated rings. The third-order valence-electron chi connectivity index (χ3n) is 1.49. The average Bonchev–Trinajstić information content (AvgIpc) is 1.77. The van der Waals surface area contributed by atoms with Crippen molar-refractivity contribution in [1.29, 1.82) is 5.41 Å². The largest absolute Gasteiger partial charge is 0.478 e. The van der Waals surface area contributed by atoms with E-state index >= 15 is 0 Å². The molecule has 6 heteroatoms. The summed E-state index contributed by atoms with van der Waals surface area (Å²) in [5.41, 5.74) is 0.208. The molecule has 0 heterocycles. The van der Waals surface area contributed by atoms with Gasteiger partial charge >= 0.3 is 5.97 Å². The van der Waals surface area contributed by atoms with Crippen LogP contribution in [-0.2, 0) is 4.79 Å². The van der Waals surface area contributed by atoms with Crippen molar-refractivity contribution in [2.75, 3.05) is 12.3 Å². The SMILES string of the molecule is CC(C)CC(=N)C[P+](O)(O)CC(=O)O. The standard InChI is InChI=1S/C8H16NO4P/c1-6(2)3-7(9)4-14(12,13)5-8(10)11/h6,9,12-13H,3-5H2,1-2H3/p+1. The monoisotopic (exact) mass is 222 g/mol. The molecular weight excluding hydrogens is 205 g/mol. The Morgan fingerprint density at radius 2 is 1.86 bits per heavy atom. The van der Waals surface area contributed by atoms with Gasteiger partial charge in [0.25, 0.3) is 7.72 Å². The molecule has 0 atom stereocenters. The summed E-state index contributed by atoms with van der Waals surface area (Å²) < 4.78 is 0. The summed E-state index contributed by atoms with van der Waals surface area (Å²) in [6.07, 6.45) is -0.368. The molecule has 4 N–H and O–H groups in total. The Hall–Kier alpha value is -0.510. The van der Waals surface area contributed by atoms with Crippen LogP contribution in [0, 0.1) is 11.3 Å². The molecule has 0 radical (unpaired) electrons. The van der Waals surface area contributed by atoms with Crippen LogP contribution in [0.25, 0.3) is 0 Å². The van der Waals surface area contributed by atoms with Gasteiger partial charge in [0, 0.05) is 0 Å². The molecule has 0 saturated carbocycles. The van der Waals surface area contributed by atoms with E-state index in [0.29, 0.717) is 6.42 Å². The minimum absolute atomic E-state index is 0.197. The summed E-state index contributed by atoms with van der Waals surface area (Å²) in [6, 6.07) is 0. The van der Waals surface area contributed by atoms with Crippen molar-refractivity contribution in [1.82, 2.24) is 0 Å². The zero-order valence-corrected chi connectivity index (χ0v) is 9.29. The minimum atomic E-state index is -3.44. The van der Waals surface area contributed by atoms with Crippen LogP contribution < -0.4 is 0 Å².